The predicted octanol–water partition coefficient (Wildman–Crippen LogP) is 15.8. The molecule has 0 bridgehead atoms. The van der Waals surface area contributed by atoms with Crippen LogP contribution in [-0.4, -0.2) is 96.4 Å². The molecule has 10 heterocycles. The smallest absolute Gasteiger partial charge is 0.328 e. The van der Waals surface area contributed by atoms with Crippen LogP contribution in [0.2, 0.25) is 0 Å². The molecule has 4 aromatic carbocycles. The summed E-state index contributed by atoms with van der Waals surface area (Å²) in [7, 11) is 0. The van der Waals surface area contributed by atoms with Crippen LogP contribution in [-0.2, 0) is 22.6 Å². The van der Waals surface area contributed by atoms with E-state index < -0.39 is 17.8 Å². The van der Waals surface area contributed by atoms with Crippen LogP contribution in [0, 0.1) is 0 Å². The molecule has 8 aromatic heterocycles. The van der Waals surface area contributed by atoms with Gasteiger partial charge in [0.25, 0.3) is 23.7 Å². The monoisotopic (exact) mass is 1250 g/mol. The number of carbonyl (C=O) groups excluding carboxylic acids is 3. The maximum absolute atomic E-state index is 13.6. The van der Waals surface area contributed by atoms with Gasteiger partial charge in [-0.1, -0.05) is 48.5 Å². The van der Waals surface area contributed by atoms with E-state index in [1.54, 1.807) is 73.3 Å². The average molecular weight is 1250 g/mol. The van der Waals surface area contributed by atoms with Gasteiger partial charge in [-0.25, -0.2) is 22.4 Å². The van der Waals surface area contributed by atoms with Crippen molar-refractivity contribution in [2.45, 2.75) is 56.9 Å². The molecule has 0 aliphatic carbocycles. The second-order valence-corrected chi connectivity index (χ2v) is 22.5. The van der Waals surface area contributed by atoms with Gasteiger partial charge >= 0.3 is 5.97 Å². The van der Waals surface area contributed by atoms with Crippen LogP contribution in [0.1, 0.15) is 75.5 Å². The number of hydrogen-bond acceptors (Lipinski definition) is 13. The summed E-state index contributed by atoms with van der Waals surface area (Å²) in [6.45, 7) is 0.367. The Bertz CT molecular complexity index is 4670. The van der Waals surface area contributed by atoms with Gasteiger partial charge in [0.2, 0.25) is 0 Å². The highest BCUT2D eigenvalue weighted by Gasteiger charge is 2.37. The van der Waals surface area contributed by atoms with Crippen LogP contribution in [0.5, 0.6) is 0 Å². The number of aromatic nitrogens is 4. The van der Waals surface area contributed by atoms with E-state index in [0.717, 1.165) is 72.2 Å². The Morgan fingerprint density at radius 2 is 0.978 bits per heavy atom. The highest BCUT2D eigenvalue weighted by Crippen LogP contribution is 2.41. The van der Waals surface area contributed by atoms with Crippen molar-refractivity contribution in [2.24, 2.45) is 5.73 Å². The van der Waals surface area contributed by atoms with E-state index >= 15 is 0 Å². The summed E-state index contributed by atoms with van der Waals surface area (Å²) in [5.41, 5.74) is 15.4. The Morgan fingerprint density at radius 1 is 0.516 bits per heavy atom. The van der Waals surface area contributed by atoms with Crippen molar-refractivity contribution in [1.29, 1.82) is 0 Å². The first-order valence-corrected chi connectivity index (χ1v) is 30.0. The second-order valence-electron chi connectivity index (χ2n) is 22.5. The lowest BCUT2D eigenvalue weighted by atomic mass is 10.0. The van der Waals surface area contributed by atoms with Crippen molar-refractivity contribution < 1.29 is 59.5 Å². The fourth-order valence-electron chi connectivity index (χ4n) is 11.0. The van der Waals surface area contributed by atoms with Crippen molar-refractivity contribution in [3.63, 3.8) is 0 Å². The zero-order valence-electron chi connectivity index (χ0n) is 49.9. The number of carboxylic acid groups (broad SMARTS) is 1. The number of nitrogens with zero attached hydrogens (tertiary/aromatic N) is 6. The van der Waals surface area contributed by atoms with E-state index in [1.165, 1.54) is 28.3 Å². The van der Waals surface area contributed by atoms with E-state index in [9.17, 15) is 36.7 Å². The minimum atomic E-state index is -2.73. The van der Waals surface area contributed by atoms with Gasteiger partial charge in [0.05, 0.1) is 40.2 Å². The summed E-state index contributed by atoms with van der Waals surface area (Å²) in [4.78, 5) is 68.3. The van der Waals surface area contributed by atoms with E-state index in [2.05, 4.69) is 19.9 Å². The molecule has 93 heavy (non-hydrogen) atoms. The van der Waals surface area contributed by atoms with Gasteiger partial charge in [-0.05, 0) is 126 Å². The number of carbonyl (C=O) groups is 4. The standard InChI is InChI=1S/C37H29F2N3O4.C28H23F2N3O3.C8H7NO2/c38-37(39)13-16-42(17-14-37)36(44)26-8-12-32(41-23-26)27-18-28-19-30(11-10-29(43)9-7-24-4-3-15-40-22-24)45-35(28)31(20-27)34-21-25-5-1-2-6-33(25)46-34;29-28(30)7-9-33(10-8-28)27(34)18-5-6-23(32-16-18)19-11-20-12-21(15-31)35-26(20)22(13-19)25-14-17-3-1-2-4-24(17)36-25;10-8(11)4-3-7-2-1-5-9-6-7/h1-9,12,15,18-23H,10-11,13-14,16-17H2;1-6,11-14,16H,7-10,15,31H2;1-6H,(H,10,11)/b9-7+;;4-3+. The number of amides is 2. The fraction of sp³-hybridized carbons (Fsp3) is 0.178. The van der Waals surface area contributed by atoms with Crippen LogP contribution >= 0.6 is 0 Å². The quantitative estimate of drug-likeness (QED) is 0.0763. The molecular weight excluding hydrogens is 1190 g/mol. The van der Waals surface area contributed by atoms with Crippen LogP contribution in [0.25, 0.3) is 101 Å². The summed E-state index contributed by atoms with van der Waals surface area (Å²) in [5.74, 6) is -4.40. The number of nitrogens with two attached hydrogens (primary N) is 1. The molecule has 16 nitrogen and oxygen atoms in total. The molecule has 468 valence electrons. The predicted molar refractivity (Wildman–Crippen MR) is 345 cm³/mol. The molecule has 12 aromatic rings. The Hall–Kier alpha value is -11.1. The zero-order valence-corrected chi connectivity index (χ0v) is 49.9. The molecule has 0 spiro atoms. The summed E-state index contributed by atoms with van der Waals surface area (Å²) in [6.07, 6.45) is 14.9. The van der Waals surface area contributed by atoms with Gasteiger partial charge in [-0.15, -0.1) is 0 Å². The number of piperidine rings is 2. The number of hydrogen-bond donors (Lipinski definition) is 2. The number of rotatable bonds is 14. The number of allylic oxidation sites excluding steroid dienone is 1. The van der Waals surface area contributed by atoms with Gasteiger partial charge in [-0.3, -0.25) is 34.3 Å². The number of benzene rings is 4. The van der Waals surface area contributed by atoms with Gasteiger partial charge in [0, 0.05) is 141 Å². The molecule has 2 saturated heterocycles. The first-order valence-electron chi connectivity index (χ1n) is 30.0. The van der Waals surface area contributed by atoms with Crippen molar-refractivity contribution in [2.75, 3.05) is 26.2 Å². The Balaban J connectivity index is 0.000000157. The molecule has 2 aliphatic rings. The molecule has 3 N–H and O–H groups in total. The highest BCUT2D eigenvalue weighted by molar-refractivity contribution is 6.01. The van der Waals surface area contributed by atoms with Crippen molar-refractivity contribution in [1.82, 2.24) is 29.7 Å². The molecule has 0 unspecified atom stereocenters. The molecule has 14 rings (SSSR count). The van der Waals surface area contributed by atoms with E-state index in [1.807, 2.05) is 109 Å². The lowest BCUT2D eigenvalue weighted by Crippen LogP contribution is -2.42. The summed E-state index contributed by atoms with van der Waals surface area (Å²) >= 11 is 0. The van der Waals surface area contributed by atoms with Crippen LogP contribution in [0.15, 0.2) is 213 Å². The summed E-state index contributed by atoms with van der Waals surface area (Å²) in [6, 6.07) is 45.2. The van der Waals surface area contributed by atoms with Gasteiger partial charge < -0.3 is 38.3 Å². The van der Waals surface area contributed by atoms with E-state index in [4.69, 9.17) is 28.5 Å². The minimum absolute atomic E-state index is 0.0142. The van der Waals surface area contributed by atoms with Gasteiger partial charge in [-0.2, -0.15) is 0 Å². The third-order valence-corrected chi connectivity index (χ3v) is 16.0. The number of para-hydroxylation sites is 2. The lowest BCUT2D eigenvalue weighted by Gasteiger charge is -2.31. The first-order chi connectivity index (χ1) is 45.0. The Labute approximate surface area is 529 Å². The number of aliphatic carboxylic acids is 1. The summed E-state index contributed by atoms with van der Waals surface area (Å²) in [5, 5.41) is 11.9. The lowest BCUT2D eigenvalue weighted by molar-refractivity contribution is -0.131. The second kappa shape index (κ2) is 27.1. The van der Waals surface area contributed by atoms with Crippen molar-refractivity contribution >= 4 is 79.6 Å². The number of furan rings is 4. The molecule has 20 heteroatoms. The third kappa shape index (κ3) is 14.9. The van der Waals surface area contributed by atoms with Crippen molar-refractivity contribution in [3.05, 3.63) is 229 Å². The topological polar surface area (TPSA) is 225 Å². The number of alkyl halides is 4. The number of pyridine rings is 4. The average Bonchev–Trinajstić information content (AvgIpc) is 1.71. The third-order valence-electron chi connectivity index (χ3n) is 16.0. The molecule has 0 atom stereocenters. The Kier molecular flexibility index (Phi) is 18.1. The van der Waals surface area contributed by atoms with Crippen LogP contribution in [0.3, 0.4) is 0 Å². The van der Waals surface area contributed by atoms with Gasteiger partial charge in [0.15, 0.2) is 5.78 Å². The summed E-state index contributed by atoms with van der Waals surface area (Å²) < 4.78 is 78.8. The number of likely N-dealkylation sites (tertiary alicyclic amines) is 2. The maximum atomic E-state index is 13.6. The molecular formula is C73H59F4N7O9. The SMILES string of the molecule is NCc1cc2cc(-c3ccc(C(=O)N4CCC(F)(F)CC4)cn3)cc(-c3cc4ccccc4o3)c2o1.O=C(/C=C/c1cccnc1)CCc1cc2cc(-c3ccc(C(=O)N4CCC(F)(F)CC4)cn3)cc(-c3cc4ccccc4o3)c2o1.O=C(O)/C=C/c1cccnc1. The maximum Gasteiger partial charge on any atom is 0.328 e. The number of halogens is 4. The van der Waals surface area contributed by atoms with Crippen molar-refractivity contribution in [3.8, 4) is 45.2 Å². The fourth-order valence-corrected chi connectivity index (χ4v) is 11.0. The minimum Gasteiger partial charge on any atom is -0.478 e. The number of carboxylic acids is 1. The Morgan fingerprint density at radius 3 is 1.41 bits per heavy atom. The largest absolute Gasteiger partial charge is 0.478 e. The normalized spacial score (nSPS) is 14.5. The molecule has 2 aliphatic heterocycles. The first kappa shape index (κ1) is 62.1. The molecule has 2 fully saturated rings. The molecule has 0 saturated carbocycles. The molecule has 2 amide bonds. The van der Waals surface area contributed by atoms with Crippen LogP contribution in [0.4, 0.5) is 17.6 Å². The van der Waals surface area contributed by atoms with Crippen LogP contribution < -0.4 is 5.73 Å². The molecule has 0 radical (unpaired) electrons. The number of aryl methyl sites for hydroxylation is 1. The number of ketones is 1. The van der Waals surface area contributed by atoms with E-state index in [-0.39, 0.29) is 82.4 Å². The van der Waals surface area contributed by atoms with Gasteiger partial charge in [0.1, 0.15) is 45.4 Å². The highest BCUT2D eigenvalue weighted by atomic mass is 19.3. The zero-order chi connectivity index (χ0) is 64.6. The van der Waals surface area contributed by atoms with E-state index in [0.29, 0.717) is 63.1 Å². The number of fused-ring (bicyclic) bond motifs is 4.